The summed E-state index contributed by atoms with van der Waals surface area (Å²) >= 11 is 0. The van der Waals surface area contributed by atoms with Crippen molar-refractivity contribution in [2.24, 2.45) is 0 Å². The summed E-state index contributed by atoms with van der Waals surface area (Å²) in [6.45, 7) is 5.64. The summed E-state index contributed by atoms with van der Waals surface area (Å²) in [6.07, 6.45) is 1.31. The molecular formula is C14H20FNO2. The first kappa shape index (κ1) is 14.6. The maximum Gasteiger partial charge on any atom is 0.323 e. The average molecular weight is 253 g/mol. The van der Waals surface area contributed by atoms with E-state index in [1.807, 2.05) is 6.92 Å². The van der Waals surface area contributed by atoms with Crippen LogP contribution in [0.3, 0.4) is 0 Å². The number of carboxylic acid groups (broad SMARTS) is 1. The van der Waals surface area contributed by atoms with Gasteiger partial charge in [-0.1, -0.05) is 25.5 Å². The summed E-state index contributed by atoms with van der Waals surface area (Å²) in [7, 11) is 0. The molecule has 0 radical (unpaired) electrons. The highest BCUT2D eigenvalue weighted by Gasteiger charge is 2.31. The number of hydrogen-bond acceptors (Lipinski definition) is 2. The van der Waals surface area contributed by atoms with Crippen molar-refractivity contribution in [2.75, 3.05) is 0 Å². The third-order valence-corrected chi connectivity index (χ3v) is 3.14. The zero-order chi connectivity index (χ0) is 13.8. The quantitative estimate of drug-likeness (QED) is 0.819. The van der Waals surface area contributed by atoms with E-state index >= 15 is 0 Å². The van der Waals surface area contributed by atoms with E-state index in [4.69, 9.17) is 0 Å². The van der Waals surface area contributed by atoms with Gasteiger partial charge in [-0.05, 0) is 37.5 Å². The van der Waals surface area contributed by atoms with E-state index in [-0.39, 0.29) is 5.82 Å². The molecule has 0 bridgehead atoms. The van der Waals surface area contributed by atoms with Gasteiger partial charge in [-0.15, -0.1) is 0 Å². The summed E-state index contributed by atoms with van der Waals surface area (Å²) in [5.74, 6) is -1.14. The molecule has 2 N–H and O–H groups in total. The van der Waals surface area contributed by atoms with Crippen LogP contribution in [0.4, 0.5) is 4.39 Å². The Bertz CT molecular complexity index is 434. The molecule has 0 heterocycles. The molecule has 1 atom stereocenters. The van der Waals surface area contributed by atoms with Gasteiger partial charge in [-0.3, -0.25) is 10.1 Å². The first-order valence-electron chi connectivity index (χ1n) is 6.12. The standard InChI is InChI=1S/C14H20FNO2/c1-4-7-14(3,13(17)18)16-9-11-6-5-10(2)12(15)8-11/h5-6,8,16H,4,7,9H2,1-3H3,(H,17,18). The minimum atomic E-state index is -0.962. The van der Waals surface area contributed by atoms with Crippen LogP contribution in [-0.2, 0) is 11.3 Å². The van der Waals surface area contributed by atoms with Crippen LogP contribution in [-0.4, -0.2) is 16.6 Å². The lowest BCUT2D eigenvalue weighted by Crippen LogP contribution is -2.48. The Hall–Kier alpha value is -1.42. The number of nitrogens with one attached hydrogen (secondary N) is 1. The zero-order valence-corrected chi connectivity index (χ0v) is 11.1. The lowest BCUT2D eigenvalue weighted by molar-refractivity contribution is -0.144. The van der Waals surface area contributed by atoms with Crippen LogP contribution in [0.2, 0.25) is 0 Å². The third kappa shape index (κ3) is 3.53. The Morgan fingerprint density at radius 3 is 2.67 bits per heavy atom. The van der Waals surface area contributed by atoms with Gasteiger partial charge in [0.05, 0.1) is 0 Å². The Labute approximate surface area is 107 Å². The van der Waals surface area contributed by atoms with Gasteiger partial charge in [0.25, 0.3) is 0 Å². The van der Waals surface area contributed by atoms with Gasteiger partial charge >= 0.3 is 5.97 Å². The highest BCUT2D eigenvalue weighted by molar-refractivity contribution is 5.78. The van der Waals surface area contributed by atoms with E-state index in [1.165, 1.54) is 6.07 Å². The monoisotopic (exact) mass is 253 g/mol. The van der Waals surface area contributed by atoms with E-state index < -0.39 is 11.5 Å². The molecule has 0 aliphatic rings. The smallest absolute Gasteiger partial charge is 0.323 e. The van der Waals surface area contributed by atoms with Crippen LogP contribution in [0.15, 0.2) is 18.2 Å². The fourth-order valence-electron chi connectivity index (χ4n) is 1.81. The first-order valence-corrected chi connectivity index (χ1v) is 6.12. The summed E-state index contributed by atoms with van der Waals surface area (Å²) in [4.78, 5) is 11.2. The lowest BCUT2D eigenvalue weighted by Gasteiger charge is -2.26. The number of halogens is 1. The highest BCUT2D eigenvalue weighted by Crippen LogP contribution is 2.15. The summed E-state index contributed by atoms with van der Waals surface area (Å²) < 4.78 is 13.4. The van der Waals surface area contributed by atoms with Crippen LogP contribution in [0, 0.1) is 12.7 Å². The van der Waals surface area contributed by atoms with Gasteiger partial charge in [-0.25, -0.2) is 4.39 Å². The third-order valence-electron chi connectivity index (χ3n) is 3.14. The molecule has 0 fully saturated rings. The molecule has 1 unspecified atom stereocenters. The van der Waals surface area contributed by atoms with Gasteiger partial charge in [0.2, 0.25) is 0 Å². The minimum Gasteiger partial charge on any atom is -0.480 e. The summed E-state index contributed by atoms with van der Waals surface area (Å²) in [5.41, 5.74) is 0.380. The van der Waals surface area contributed by atoms with E-state index in [2.05, 4.69) is 5.32 Å². The van der Waals surface area contributed by atoms with E-state index in [0.29, 0.717) is 18.5 Å². The molecule has 1 aromatic rings. The molecule has 0 spiro atoms. The summed E-state index contributed by atoms with van der Waals surface area (Å²) in [5, 5.41) is 12.2. The molecule has 0 aromatic heterocycles. The second-order valence-electron chi connectivity index (χ2n) is 4.82. The number of aryl methyl sites for hydroxylation is 1. The molecule has 1 aromatic carbocycles. The lowest BCUT2D eigenvalue weighted by atomic mass is 9.96. The van der Waals surface area contributed by atoms with E-state index in [0.717, 1.165) is 12.0 Å². The fourth-order valence-corrected chi connectivity index (χ4v) is 1.81. The molecule has 4 heteroatoms. The summed E-state index contributed by atoms with van der Waals surface area (Å²) in [6, 6.07) is 4.94. The van der Waals surface area contributed by atoms with Crippen LogP contribution in [0.5, 0.6) is 0 Å². The Balaban J connectivity index is 2.73. The van der Waals surface area contributed by atoms with Crippen molar-refractivity contribution in [1.82, 2.24) is 5.32 Å². The minimum absolute atomic E-state index is 0.262. The van der Waals surface area contributed by atoms with Crippen molar-refractivity contribution in [2.45, 2.75) is 45.7 Å². The number of hydrogen-bond donors (Lipinski definition) is 2. The van der Waals surface area contributed by atoms with Crippen LogP contribution in [0.1, 0.15) is 37.8 Å². The van der Waals surface area contributed by atoms with E-state index in [1.54, 1.807) is 26.0 Å². The van der Waals surface area contributed by atoms with Crippen molar-refractivity contribution in [3.05, 3.63) is 35.1 Å². The number of carboxylic acids is 1. The normalized spacial score (nSPS) is 14.2. The van der Waals surface area contributed by atoms with Crippen molar-refractivity contribution >= 4 is 5.97 Å². The topological polar surface area (TPSA) is 49.3 Å². The van der Waals surface area contributed by atoms with Crippen molar-refractivity contribution in [1.29, 1.82) is 0 Å². The molecule has 0 aliphatic heterocycles. The predicted octanol–water partition coefficient (Wildman–Crippen LogP) is 2.87. The first-order chi connectivity index (χ1) is 8.39. The molecule has 3 nitrogen and oxygen atoms in total. The largest absolute Gasteiger partial charge is 0.480 e. The molecule has 18 heavy (non-hydrogen) atoms. The predicted molar refractivity (Wildman–Crippen MR) is 68.9 cm³/mol. The number of carbonyl (C=O) groups is 1. The van der Waals surface area contributed by atoms with Crippen LogP contribution >= 0.6 is 0 Å². The Kier molecular flexibility index (Phi) is 4.84. The van der Waals surface area contributed by atoms with Gasteiger partial charge in [-0.2, -0.15) is 0 Å². The molecule has 0 saturated carbocycles. The molecule has 0 amide bonds. The number of rotatable bonds is 6. The van der Waals surface area contributed by atoms with Gasteiger partial charge in [0, 0.05) is 6.54 Å². The van der Waals surface area contributed by atoms with Crippen LogP contribution in [0.25, 0.3) is 0 Å². The number of aliphatic carboxylic acids is 1. The molecule has 1 rings (SSSR count). The zero-order valence-electron chi connectivity index (χ0n) is 11.1. The van der Waals surface area contributed by atoms with E-state index in [9.17, 15) is 14.3 Å². The molecular weight excluding hydrogens is 233 g/mol. The maximum atomic E-state index is 13.4. The van der Waals surface area contributed by atoms with Crippen LogP contribution < -0.4 is 5.32 Å². The maximum absolute atomic E-state index is 13.4. The van der Waals surface area contributed by atoms with Crippen molar-refractivity contribution in [3.8, 4) is 0 Å². The molecule has 0 saturated heterocycles. The van der Waals surface area contributed by atoms with Crippen molar-refractivity contribution < 1.29 is 14.3 Å². The van der Waals surface area contributed by atoms with Crippen molar-refractivity contribution in [3.63, 3.8) is 0 Å². The Morgan fingerprint density at radius 1 is 1.50 bits per heavy atom. The number of benzene rings is 1. The fraction of sp³-hybridized carbons (Fsp3) is 0.500. The average Bonchev–Trinajstić information content (AvgIpc) is 2.31. The Morgan fingerprint density at radius 2 is 2.17 bits per heavy atom. The molecule has 100 valence electrons. The van der Waals surface area contributed by atoms with Gasteiger partial charge in [0.15, 0.2) is 0 Å². The second-order valence-corrected chi connectivity index (χ2v) is 4.82. The SMILES string of the molecule is CCCC(C)(NCc1ccc(C)c(F)c1)C(=O)O. The highest BCUT2D eigenvalue weighted by atomic mass is 19.1. The second kappa shape index (κ2) is 5.96. The van der Waals surface area contributed by atoms with Gasteiger partial charge in [0.1, 0.15) is 11.4 Å². The van der Waals surface area contributed by atoms with Gasteiger partial charge < -0.3 is 5.11 Å². The molecule has 0 aliphatic carbocycles.